The SMILES string of the molecule is CC(C)C(CBr)(CBr)CC1CCC(C)(C)O1. The van der Waals surface area contributed by atoms with Crippen LogP contribution < -0.4 is 0 Å². The number of ether oxygens (including phenoxy) is 1. The Morgan fingerprint density at radius 2 is 1.88 bits per heavy atom. The molecule has 1 fully saturated rings. The van der Waals surface area contributed by atoms with Crippen LogP contribution in [-0.4, -0.2) is 22.4 Å². The highest BCUT2D eigenvalue weighted by molar-refractivity contribution is 9.09. The van der Waals surface area contributed by atoms with E-state index in [2.05, 4.69) is 59.6 Å². The lowest BCUT2D eigenvalue weighted by Crippen LogP contribution is -2.36. The minimum atomic E-state index is 0.0893. The molecule has 0 aromatic heterocycles. The lowest BCUT2D eigenvalue weighted by Gasteiger charge is -2.37. The smallest absolute Gasteiger partial charge is 0.0631 e. The van der Waals surface area contributed by atoms with Crippen LogP contribution in [0.3, 0.4) is 0 Å². The maximum atomic E-state index is 6.12. The van der Waals surface area contributed by atoms with Gasteiger partial charge in [0.15, 0.2) is 0 Å². The Morgan fingerprint density at radius 1 is 1.31 bits per heavy atom. The molecule has 0 spiro atoms. The third-order valence-corrected chi connectivity index (χ3v) is 6.18. The van der Waals surface area contributed by atoms with Crippen LogP contribution in [0.1, 0.15) is 47.0 Å². The summed E-state index contributed by atoms with van der Waals surface area (Å²) in [6, 6.07) is 0. The van der Waals surface area contributed by atoms with Crippen molar-refractivity contribution in [2.24, 2.45) is 11.3 Å². The summed E-state index contributed by atoms with van der Waals surface area (Å²) in [7, 11) is 0. The van der Waals surface area contributed by atoms with Gasteiger partial charge < -0.3 is 4.74 Å². The number of hydrogen-bond acceptors (Lipinski definition) is 1. The highest BCUT2D eigenvalue weighted by Crippen LogP contribution is 2.42. The van der Waals surface area contributed by atoms with Gasteiger partial charge in [-0.15, -0.1) is 0 Å². The Balaban J connectivity index is 2.63. The van der Waals surface area contributed by atoms with E-state index in [4.69, 9.17) is 4.74 Å². The highest BCUT2D eigenvalue weighted by Gasteiger charge is 2.39. The van der Waals surface area contributed by atoms with Crippen LogP contribution in [0.25, 0.3) is 0 Å². The molecular weight excluding hydrogens is 332 g/mol. The summed E-state index contributed by atoms with van der Waals surface area (Å²) in [6.07, 6.45) is 4.00. The van der Waals surface area contributed by atoms with E-state index in [0.717, 1.165) is 17.1 Å². The molecule has 1 heterocycles. The van der Waals surface area contributed by atoms with Gasteiger partial charge in [0.1, 0.15) is 0 Å². The van der Waals surface area contributed by atoms with Crippen molar-refractivity contribution in [3.05, 3.63) is 0 Å². The van der Waals surface area contributed by atoms with E-state index in [1.54, 1.807) is 0 Å². The first-order valence-electron chi connectivity index (χ1n) is 6.15. The van der Waals surface area contributed by atoms with Gasteiger partial charge in [0.25, 0.3) is 0 Å². The predicted molar refractivity (Wildman–Crippen MR) is 77.7 cm³/mol. The van der Waals surface area contributed by atoms with Crippen molar-refractivity contribution in [3.63, 3.8) is 0 Å². The average Bonchev–Trinajstić information content (AvgIpc) is 2.54. The molecule has 1 aliphatic heterocycles. The van der Waals surface area contributed by atoms with E-state index in [1.807, 2.05) is 0 Å². The van der Waals surface area contributed by atoms with Gasteiger partial charge in [-0.05, 0) is 44.4 Å². The Hall–Kier alpha value is 0.920. The van der Waals surface area contributed by atoms with Crippen molar-refractivity contribution in [1.29, 1.82) is 0 Å². The maximum Gasteiger partial charge on any atom is 0.0631 e. The van der Waals surface area contributed by atoms with Crippen LogP contribution in [-0.2, 0) is 4.74 Å². The van der Waals surface area contributed by atoms with Gasteiger partial charge in [0.05, 0.1) is 11.7 Å². The van der Waals surface area contributed by atoms with Gasteiger partial charge in [-0.2, -0.15) is 0 Å². The van der Waals surface area contributed by atoms with Crippen LogP contribution in [0.4, 0.5) is 0 Å². The number of hydrogen-bond donors (Lipinski definition) is 0. The summed E-state index contributed by atoms with van der Waals surface area (Å²) in [5.41, 5.74) is 0.414. The number of halogens is 2. The fraction of sp³-hybridized carbons (Fsp3) is 1.00. The second-order valence-electron chi connectivity index (χ2n) is 6.03. The van der Waals surface area contributed by atoms with E-state index >= 15 is 0 Å². The fourth-order valence-corrected chi connectivity index (χ4v) is 5.05. The van der Waals surface area contributed by atoms with E-state index in [1.165, 1.54) is 12.8 Å². The first-order chi connectivity index (χ1) is 7.35. The Bertz CT molecular complexity index is 222. The average molecular weight is 356 g/mol. The third kappa shape index (κ3) is 3.46. The normalized spacial score (nSPS) is 25.3. The molecule has 0 aliphatic carbocycles. The molecule has 1 atom stereocenters. The first kappa shape index (κ1) is 15.0. The molecule has 3 heteroatoms. The minimum absolute atomic E-state index is 0.0893. The molecule has 96 valence electrons. The van der Waals surface area contributed by atoms with E-state index in [9.17, 15) is 0 Å². The Labute approximate surface area is 117 Å². The van der Waals surface area contributed by atoms with Crippen molar-refractivity contribution in [2.75, 3.05) is 10.7 Å². The largest absolute Gasteiger partial charge is 0.372 e. The molecule has 0 aromatic carbocycles. The van der Waals surface area contributed by atoms with Crippen molar-refractivity contribution in [1.82, 2.24) is 0 Å². The molecular formula is C13H24Br2O. The lowest BCUT2D eigenvalue weighted by atomic mass is 9.76. The van der Waals surface area contributed by atoms with Crippen molar-refractivity contribution >= 4 is 31.9 Å². The van der Waals surface area contributed by atoms with Crippen LogP contribution >= 0.6 is 31.9 Å². The number of alkyl halides is 2. The summed E-state index contributed by atoms with van der Waals surface area (Å²) in [5, 5.41) is 2.09. The van der Waals surface area contributed by atoms with Crippen molar-refractivity contribution in [3.8, 4) is 0 Å². The Kier molecular flexibility index (Phi) is 5.34. The van der Waals surface area contributed by atoms with Crippen LogP contribution in [0.2, 0.25) is 0 Å². The molecule has 1 nitrogen and oxygen atoms in total. The second kappa shape index (κ2) is 5.71. The van der Waals surface area contributed by atoms with Crippen LogP contribution in [0, 0.1) is 11.3 Å². The Morgan fingerprint density at radius 3 is 2.19 bits per heavy atom. The van der Waals surface area contributed by atoms with Crippen molar-refractivity contribution in [2.45, 2.75) is 58.7 Å². The molecule has 1 unspecified atom stereocenters. The molecule has 16 heavy (non-hydrogen) atoms. The van der Waals surface area contributed by atoms with E-state index in [0.29, 0.717) is 17.4 Å². The van der Waals surface area contributed by atoms with Crippen LogP contribution in [0.15, 0.2) is 0 Å². The quantitative estimate of drug-likeness (QED) is 0.645. The molecule has 0 radical (unpaired) electrons. The zero-order valence-corrected chi connectivity index (χ0v) is 14.0. The van der Waals surface area contributed by atoms with E-state index in [-0.39, 0.29) is 5.60 Å². The maximum absolute atomic E-state index is 6.12. The van der Waals surface area contributed by atoms with Gasteiger partial charge in [-0.1, -0.05) is 45.7 Å². The summed E-state index contributed by atoms with van der Waals surface area (Å²) >= 11 is 7.37. The van der Waals surface area contributed by atoms with Gasteiger partial charge in [-0.25, -0.2) is 0 Å². The van der Waals surface area contributed by atoms with Crippen molar-refractivity contribution < 1.29 is 4.74 Å². The molecule has 0 amide bonds. The standard InChI is InChI=1S/C13H24Br2O/c1-10(2)13(8-14,9-15)7-11-5-6-12(3,4)16-11/h10-11H,5-9H2,1-4H3. The topological polar surface area (TPSA) is 9.23 Å². The molecule has 1 saturated heterocycles. The van der Waals surface area contributed by atoms with Gasteiger partial charge >= 0.3 is 0 Å². The molecule has 1 rings (SSSR count). The highest BCUT2D eigenvalue weighted by atomic mass is 79.9. The van der Waals surface area contributed by atoms with Gasteiger partial charge in [0.2, 0.25) is 0 Å². The van der Waals surface area contributed by atoms with E-state index < -0.39 is 0 Å². The lowest BCUT2D eigenvalue weighted by molar-refractivity contribution is -0.0353. The molecule has 0 bridgehead atoms. The molecule has 1 aliphatic rings. The zero-order valence-electron chi connectivity index (χ0n) is 10.9. The summed E-state index contributed by atoms with van der Waals surface area (Å²) in [4.78, 5) is 0. The summed E-state index contributed by atoms with van der Waals surface area (Å²) in [5.74, 6) is 0.665. The summed E-state index contributed by atoms with van der Waals surface area (Å²) in [6.45, 7) is 9.02. The van der Waals surface area contributed by atoms with Gasteiger partial charge in [0, 0.05) is 10.7 Å². The zero-order chi connectivity index (χ0) is 12.4. The monoisotopic (exact) mass is 354 g/mol. The summed E-state index contributed by atoms with van der Waals surface area (Å²) < 4.78 is 6.12. The van der Waals surface area contributed by atoms with Crippen LogP contribution in [0.5, 0.6) is 0 Å². The predicted octanol–water partition coefficient (Wildman–Crippen LogP) is 4.77. The first-order valence-corrected chi connectivity index (χ1v) is 8.39. The third-order valence-electron chi connectivity index (χ3n) is 3.95. The van der Waals surface area contributed by atoms with Gasteiger partial charge in [-0.3, -0.25) is 0 Å². The fourth-order valence-electron chi connectivity index (χ4n) is 2.36. The second-order valence-corrected chi connectivity index (χ2v) is 7.15. The number of rotatable bonds is 5. The molecule has 0 aromatic rings. The molecule has 0 saturated carbocycles. The minimum Gasteiger partial charge on any atom is -0.372 e. The molecule has 0 N–H and O–H groups in total.